The maximum absolute atomic E-state index is 13.0. The van der Waals surface area contributed by atoms with Crippen LogP contribution in [0.1, 0.15) is 32.9 Å². The molecular weight excluding hydrogens is 340 g/mol. The average molecular weight is 364 g/mol. The number of aliphatic hydroxyl groups is 1. The SMILES string of the molecule is CCc1nc(C)c(C(=O)N(CCO)Cc2cc(OC)ccc2OC)s1. The van der Waals surface area contributed by atoms with E-state index in [1.807, 2.05) is 26.0 Å². The first-order valence-corrected chi connectivity index (χ1v) is 8.93. The molecule has 1 heterocycles. The first kappa shape index (κ1) is 19.2. The number of ether oxygens (including phenoxy) is 2. The zero-order valence-corrected chi connectivity index (χ0v) is 15.9. The summed E-state index contributed by atoms with van der Waals surface area (Å²) in [6.45, 7) is 4.29. The minimum absolute atomic E-state index is 0.115. The number of aromatic nitrogens is 1. The Morgan fingerprint density at radius 3 is 2.64 bits per heavy atom. The van der Waals surface area contributed by atoms with Crippen molar-refractivity contribution in [3.05, 3.63) is 39.3 Å². The molecule has 0 aliphatic heterocycles. The van der Waals surface area contributed by atoms with Crippen molar-refractivity contribution in [3.63, 3.8) is 0 Å². The normalized spacial score (nSPS) is 10.6. The van der Waals surface area contributed by atoms with Gasteiger partial charge in [0.05, 0.1) is 31.5 Å². The molecule has 0 unspecified atom stereocenters. The summed E-state index contributed by atoms with van der Waals surface area (Å²) in [6.07, 6.45) is 0.794. The third-order valence-corrected chi connectivity index (χ3v) is 5.13. The van der Waals surface area contributed by atoms with Crippen molar-refractivity contribution < 1.29 is 19.4 Å². The fourth-order valence-electron chi connectivity index (χ4n) is 2.53. The molecule has 0 bridgehead atoms. The number of aryl methyl sites for hydroxylation is 2. The Morgan fingerprint density at radius 1 is 1.32 bits per heavy atom. The van der Waals surface area contributed by atoms with Gasteiger partial charge in [0.1, 0.15) is 16.4 Å². The van der Waals surface area contributed by atoms with E-state index in [0.717, 1.165) is 22.7 Å². The minimum atomic E-state index is -0.131. The summed E-state index contributed by atoms with van der Waals surface area (Å²) in [5, 5.41) is 10.3. The third-order valence-electron chi connectivity index (χ3n) is 3.84. The van der Waals surface area contributed by atoms with Gasteiger partial charge in [-0.25, -0.2) is 4.98 Å². The summed E-state index contributed by atoms with van der Waals surface area (Å²) in [5.74, 6) is 1.23. The predicted octanol–water partition coefficient (Wildman–Crippen LogP) is 2.67. The van der Waals surface area contributed by atoms with Crippen molar-refractivity contribution in [3.8, 4) is 11.5 Å². The van der Waals surface area contributed by atoms with Crippen LogP contribution < -0.4 is 9.47 Å². The minimum Gasteiger partial charge on any atom is -0.497 e. The number of carbonyl (C=O) groups excluding carboxylic acids is 1. The molecule has 1 aromatic heterocycles. The fourth-order valence-corrected chi connectivity index (χ4v) is 3.50. The van der Waals surface area contributed by atoms with Crippen LogP contribution in [0, 0.1) is 6.92 Å². The molecule has 0 fully saturated rings. The second kappa shape index (κ2) is 8.82. The molecule has 7 heteroatoms. The Labute approximate surface area is 152 Å². The topological polar surface area (TPSA) is 71.9 Å². The molecule has 0 radical (unpaired) electrons. The summed E-state index contributed by atoms with van der Waals surface area (Å²) in [5.41, 5.74) is 1.55. The lowest BCUT2D eigenvalue weighted by molar-refractivity contribution is 0.0710. The standard InChI is InChI=1S/C18H24N2O4S/c1-5-16-19-12(2)17(25-16)18(22)20(8-9-21)11-13-10-14(23-3)6-7-15(13)24-4/h6-7,10,21H,5,8-9,11H2,1-4H3. The lowest BCUT2D eigenvalue weighted by Crippen LogP contribution is -2.33. The Morgan fingerprint density at radius 2 is 2.08 bits per heavy atom. The fraction of sp³-hybridized carbons (Fsp3) is 0.444. The first-order valence-electron chi connectivity index (χ1n) is 8.11. The maximum Gasteiger partial charge on any atom is 0.266 e. The van der Waals surface area contributed by atoms with Crippen LogP contribution in [0.5, 0.6) is 11.5 Å². The van der Waals surface area contributed by atoms with Gasteiger partial charge in [0, 0.05) is 18.7 Å². The largest absolute Gasteiger partial charge is 0.497 e. The van der Waals surface area contributed by atoms with Crippen LogP contribution in [0.3, 0.4) is 0 Å². The lowest BCUT2D eigenvalue weighted by atomic mass is 10.1. The van der Waals surface area contributed by atoms with Gasteiger partial charge in [-0.15, -0.1) is 11.3 Å². The van der Waals surface area contributed by atoms with E-state index in [4.69, 9.17) is 9.47 Å². The molecule has 0 saturated heterocycles. The zero-order chi connectivity index (χ0) is 18.4. The van der Waals surface area contributed by atoms with E-state index in [2.05, 4.69) is 4.98 Å². The molecule has 0 aliphatic carbocycles. The van der Waals surface area contributed by atoms with Crippen molar-refractivity contribution in [1.82, 2.24) is 9.88 Å². The second-order valence-corrected chi connectivity index (χ2v) is 6.59. The lowest BCUT2D eigenvalue weighted by Gasteiger charge is -2.23. The summed E-state index contributed by atoms with van der Waals surface area (Å²) >= 11 is 1.41. The molecule has 0 aliphatic rings. The van der Waals surface area contributed by atoms with E-state index < -0.39 is 0 Å². The second-order valence-electron chi connectivity index (χ2n) is 5.50. The van der Waals surface area contributed by atoms with Crippen LogP contribution in [0.25, 0.3) is 0 Å². The Kier molecular flexibility index (Phi) is 6.78. The third kappa shape index (κ3) is 4.49. The van der Waals surface area contributed by atoms with Crippen LogP contribution in [0.4, 0.5) is 0 Å². The van der Waals surface area contributed by atoms with E-state index in [1.54, 1.807) is 25.2 Å². The van der Waals surface area contributed by atoms with Gasteiger partial charge in [0.2, 0.25) is 0 Å². The number of rotatable bonds is 8. The molecule has 136 valence electrons. The van der Waals surface area contributed by atoms with E-state index >= 15 is 0 Å². The zero-order valence-electron chi connectivity index (χ0n) is 15.0. The van der Waals surface area contributed by atoms with Gasteiger partial charge in [-0.1, -0.05) is 6.92 Å². The van der Waals surface area contributed by atoms with Crippen LogP contribution in [-0.4, -0.2) is 48.3 Å². The first-order chi connectivity index (χ1) is 12.0. The van der Waals surface area contributed by atoms with E-state index in [0.29, 0.717) is 22.9 Å². The molecule has 0 saturated carbocycles. The van der Waals surface area contributed by atoms with Crippen LogP contribution in [-0.2, 0) is 13.0 Å². The monoisotopic (exact) mass is 364 g/mol. The number of hydrogen-bond donors (Lipinski definition) is 1. The maximum atomic E-state index is 13.0. The van der Waals surface area contributed by atoms with Gasteiger partial charge in [0.15, 0.2) is 0 Å². The highest BCUT2D eigenvalue weighted by Crippen LogP contribution is 2.27. The number of nitrogens with zero attached hydrogens (tertiary/aromatic N) is 2. The molecule has 6 nitrogen and oxygen atoms in total. The van der Waals surface area contributed by atoms with E-state index in [1.165, 1.54) is 11.3 Å². The number of carbonyl (C=O) groups is 1. The van der Waals surface area contributed by atoms with Crippen molar-refractivity contribution >= 4 is 17.2 Å². The molecule has 1 N–H and O–H groups in total. The van der Waals surface area contributed by atoms with Crippen LogP contribution >= 0.6 is 11.3 Å². The molecular formula is C18H24N2O4S. The molecule has 1 amide bonds. The molecule has 2 aromatic rings. The van der Waals surface area contributed by atoms with Crippen molar-refractivity contribution in [2.24, 2.45) is 0 Å². The Bertz CT molecular complexity index is 730. The van der Waals surface area contributed by atoms with Gasteiger partial charge >= 0.3 is 0 Å². The van der Waals surface area contributed by atoms with Gasteiger partial charge < -0.3 is 19.5 Å². The highest BCUT2D eigenvalue weighted by atomic mass is 32.1. The quantitative estimate of drug-likeness (QED) is 0.780. The Balaban J connectivity index is 2.31. The number of hydrogen-bond acceptors (Lipinski definition) is 6. The average Bonchev–Trinajstić information content (AvgIpc) is 3.01. The number of benzene rings is 1. The van der Waals surface area contributed by atoms with Gasteiger partial charge in [0.25, 0.3) is 5.91 Å². The predicted molar refractivity (Wildman–Crippen MR) is 97.6 cm³/mol. The number of amides is 1. The van der Waals surface area contributed by atoms with Crippen molar-refractivity contribution in [1.29, 1.82) is 0 Å². The smallest absolute Gasteiger partial charge is 0.266 e. The highest BCUT2D eigenvalue weighted by molar-refractivity contribution is 7.13. The number of thiazole rings is 1. The molecule has 0 atom stereocenters. The molecule has 2 rings (SSSR count). The number of methoxy groups -OCH3 is 2. The molecule has 0 spiro atoms. The van der Waals surface area contributed by atoms with Crippen molar-refractivity contribution in [2.45, 2.75) is 26.8 Å². The molecule has 1 aromatic carbocycles. The summed E-state index contributed by atoms with van der Waals surface area (Å²) < 4.78 is 10.7. The highest BCUT2D eigenvalue weighted by Gasteiger charge is 2.22. The van der Waals surface area contributed by atoms with E-state index in [9.17, 15) is 9.90 Å². The van der Waals surface area contributed by atoms with Crippen LogP contribution in [0.2, 0.25) is 0 Å². The van der Waals surface area contributed by atoms with Gasteiger partial charge in [-0.2, -0.15) is 0 Å². The molecule has 25 heavy (non-hydrogen) atoms. The summed E-state index contributed by atoms with van der Waals surface area (Å²) in [6, 6.07) is 5.46. The van der Waals surface area contributed by atoms with Gasteiger partial charge in [-0.3, -0.25) is 4.79 Å². The van der Waals surface area contributed by atoms with E-state index in [-0.39, 0.29) is 19.1 Å². The van der Waals surface area contributed by atoms with Crippen molar-refractivity contribution in [2.75, 3.05) is 27.4 Å². The number of aliphatic hydroxyl groups excluding tert-OH is 1. The summed E-state index contributed by atoms with van der Waals surface area (Å²) in [4.78, 5) is 19.6. The summed E-state index contributed by atoms with van der Waals surface area (Å²) in [7, 11) is 3.18. The van der Waals surface area contributed by atoms with Crippen LogP contribution in [0.15, 0.2) is 18.2 Å². The van der Waals surface area contributed by atoms with Gasteiger partial charge in [-0.05, 0) is 31.5 Å². The Hall–Kier alpha value is -2.12.